The van der Waals surface area contributed by atoms with E-state index in [0.29, 0.717) is 17.9 Å². The highest BCUT2D eigenvalue weighted by Gasteiger charge is 2.47. The summed E-state index contributed by atoms with van der Waals surface area (Å²) < 4.78 is 4.97. The van der Waals surface area contributed by atoms with E-state index in [-0.39, 0.29) is 10.6 Å². The summed E-state index contributed by atoms with van der Waals surface area (Å²) in [6, 6.07) is 17.2. The average molecular weight is 396 g/mol. The summed E-state index contributed by atoms with van der Waals surface area (Å²) in [5.74, 6) is 0.699. The van der Waals surface area contributed by atoms with Gasteiger partial charge in [-0.1, -0.05) is 74.3 Å². The number of rotatable bonds is 2. The van der Waals surface area contributed by atoms with Gasteiger partial charge in [0.15, 0.2) is 5.78 Å². The van der Waals surface area contributed by atoms with Crippen LogP contribution in [-0.4, -0.2) is 16.7 Å². The molecule has 102 valence electrons. The summed E-state index contributed by atoms with van der Waals surface area (Å²) in [6.45, 7) is 0.299. The largest absolute Gasteiger partial charge is 0.491 e. The van der Waals surface area contributed by atoms with Crippen LogP contribution in [0.25, 0.3) is 0 Å². The quantitative estimate of drug-likeness (QED) is 0.698. The molecule has 0 saturated carbocycles. The Hall–Kier alpha value is -1.13. The molecule has 0 fully saturated rings. The van der Waals surface area contributed by atoms with Crippen LogP contribution in [-0.2, 0) is 0 Å². The predicted octanol–water partition coefficient (Wildman–Crippen LogP) is 4.53. The van der Waals surface area contributed by atoms with Gasteiger partial charge < -0.3 is 4.74 Å². The number of Topliss-reactive ketones (excluding diaryl/α,β-unsaturated/α-hetero) is 1. The van der Waals surface area contributed by atoms with Crippen LogP contribution < -0.4 is 4.74 Å². The Morgan fingerprint density at radius 3 is 2.45 bits per heavy atom. The lowest BCUT2D eigenvalue weighted by molar-refractivity contribution is 0.0873. The Kier molecular flexibility index (Phi) is 3.69. The van der Waals surface area contributed by atoms with Gasteiger partial charge in [-0.15, -0.1) is 0 Å². The third-order valence-electron chi connectivity index (χ3n) is 3.44. The van der Waals surface area contributed by atoms with Gasteiger partial charge in [0, 0.05) is 0 Å². The van der Waals surface area contributed by atoms with Crippen molar-refractivity contribution in [1.29, 1.82) is 0 Å². The van der Waals surface area contributed by atoms with E-state index in [0.717, 1.165) is 5.56 Å². The van der Waals surface area contributed by atoms with Gasteiger partial charge in [0.25, 0.3) is 0 Å². The lowest BCUT2D eigenvalue weighted by atomic mass is 9.89. The first-order chi connectivity index (χ1) is 9.63. The molecule has 0 amide bonds. The van der Waals surface area contributed by atoms with Crippen molar-refractivity contribution in [3.05, 3.63) is 65.7 Å². The second kappa shape index (κ2) is 5.34. The van der Waals surface area contributed by atoms with Crippen molar-refractivity contribution in [3.63, 3.8) is 0 Å². The van der Waals surface area contributed by atoms with Crippen LogP contribution in [0.2, 0.25) is 0 Å². The van der Waals surface area contributed by atoms with E-state index in [4.69, 9.17) is 4.74 Å². The molecule has 0 aromatic heterocycles. The number of carbonyl (C=O) groups is 1. The number of fused-ring (bicyclic) bond motifs is 1. The minimum atomic E-state index is -0.789. The average Bonchev–Trinajstić information content (AvgIpc) is 2.51. The second-order valence-electron chi connectivity index (χ2n) is 4.75. The van der Waals surface area contributed by atoms with E-state index >= 15 is 0 Å². The molecule has 1 aliphatic rings. The molecule has 2 aromatic rings. The number of para-hydroxylation sites is 1. The molecule has 0 radical (unpaired) electrons. The van der Waals surface area contributed by atoms with Gasteiger partial charge in [-0.2, -0.15) is 0 Å². The minimum Gasteiger partial charge on any atom is -0.491 e. The summed E-state index contributed by atoms with van der Waals surface area (Å²) in [6.07, 6.45) is 0. The monoisotopic (exact) mass is 394 g/mol. The number of ketones is 1. The molecule has 0 bridgehead atoms. The van der Waals surface area contributed by atoms with Gasteiger partial charge in [0.05, 0.1) is 10.4 Å². The Morgan fingerprint density at radius 1 is 1.05 bits per heavy atom. The van der Waals surface area contributed by atoms with Crippen molar-refractivity contribution in [3.8, 4) is 5.75 Å². The van der Waals surface area contributed by atoms with E-state index in [1.54, 1.807) is 6.07 Å². The SMILES string of the molecule is O=C1c2ccccc2OCC1(Br)C(Br)c1ccccc1. The molecule has 20 heavy (non-hydrogen) atoms. The topological polar surface area (TPSA) is 26.3 Å². The number of alkyl halides is 2. The minimum absolute atomic E-state index is 0.0464. The second-order valence-corrected chi connectivity index (χ2v) is 7.08. The molecule has 4 heteroatoms. The fraction of sp³-hybridized carbons (Fsp3) is 0.188. The fourth-order valence-corrected chi connectivity index (χ4v) is 3.56. The normalized spacial score (nSPS) is 22.8. The zero-order valence-corrected chi connectivity index (χ0v) is 13.7. The van der Waals surface area contributed by atoms with E-state index < -0.39 is 4.32 Å². The number of halogens is 2. The maximum atomic E-state index is 12.8. The fourth-order valence-electron chi connectivity index (χ4n) is 2.33. The molecule has 2 aromatic carbocycles. The van der Waals surface area contributed by atoms with Crippen LogP contribution in [0.4, 0.5) is 0 Å². The summed E-state index contributed by atoms with van der Waals surface area (Å²) in [5.41, 5.74) is 1.66. The summed E-state index contributed by atoms with van der Waals surface area (Å²) >= 11 is 7.26. The zero-order valence-electron chi connectivity index (χ0n) is 10.6. The standard InChI is InChI=1S/C16H12Br2O2/c17-14(11-6-2-1-3-7-11)16(18)10-20-13-9-5-4-8-12(13)15(16)19/h1-9,14H,10H2. The Balaban J connectivity index is 2.00. The first kappa shape index (κ1) is 13.8. The lowest BCUT2D eigenvalue weighted by Crippen LogP contribution is -2.45. The van der Waals surface area contributed by atoms with Gasteiger partial charge in [0.1, 0.15) is 16.7 Å². The van der Waals surface area contributed by atoms with Crippen LogP contribution >= 0.6 is 31.9 Å². The summed E-state index contributed by atoms with van der Waals surface area (Å²) in [5, 5.41) is 0. The van der Waals surface area contributed by atoms with Crippen molar-refractivity contribution in [2.75, 3.05) is 6.61 Å². The highest BCUT2D eigenvalue weighted by Crippen LogP contribution is 2.46. The molecule has 0 aliphatic carbocycles. The Bertz CT molecular complexity index is 642. The molecule has 2 atom stereocenters. The van der Waals surface area contributed by atoms with Crippen LogP contribution in [0.3, 0.4) is 0 Å². The number of ether oxygens (including phenoxy) is 1. The lowest BCUT2D eigenvalue weighted by Gasteiger charge is -2.35. The number of benzene rings is 2. The summed E-state index contributed by atoms with van der Waals surface area (Å²) in [4.78, 5) is 12.6. The highest BCUT2D eigenvalue weighted by atomic mass is 79.9. The zero-order chi connectivity index (χ0) is 14.2. The van der Waals surface area contributed by atoms with E-state index in [1.165, 1.54) is 0 Å². The maximum Gasteiger partial charge on any atom is 0.188 e. The molecular weight excluding hydrogens is 384 g/mol. The molecule has 2 nitrogen and oxygen atoms in total. The van der Waals surface area contributed by atoms with Crippen molar-refractivity contribution in [2.45, 2.75) is 9.15 Å². The molecule has 3 rings (SSSR count). The van der Waals surface area contributed by atoms with Crippen molar-refractivity contribution >= 4 is 37.6 Å². The third kappa shape index (κ3) is 2.21. The van der Waals surface area contributed by atoms with Crippen LogP contribution in [0, 0.1) is 0 Å². The van der Waals surface area contributed by atoms with E-state index in [1.807, 2.05) is 48.5 Å². The first-order valence-electron chi connectivity index (χ1n) is 6.27. The number of carbonyl (C=O) groups excluding carboxylic acids is 1. The number of hydrogen-bond acceptors (Lipinski definition) is 2. The van der Waals surface area contributed by atoms with Gasteiger partial charge in [0.2, 0.25) is 0 Å². The molecular formula is C16H12Br2O2. The molecule has 0 saturated heterocycles. The van der Waals surface area contributed by atoms with Crippen molar-refractivity contribution < 1.29 is 9.53 Å². The highest BCUT2D eigenvalue weighted by molar-refractivity contribution is 9.12. The van der Waals surface area contributed by atoms with Crippen LogP contribution in [0.5, 0.6) is 5.75 Å². The number of hydrogen-bond donors (Lipinski definition) is 0. The predicted molar refractivity (Wildman–Crippen MR) is 86.0 cm³/mol. The van der Waals surface area contributed by atoms with Gasteiger partial charge in [-0.25, -0.2) is 0 Å². The molecule has 2 unspecified atom stereocenters. The van der Waals surface area contributed by atoms with Crippen LogP contribution in [0.1, 0.15) is 20.7 Å². The van der Waals surface area contributed by atoms with E-state index in [2.05, 4.69) is 31.9 Å². The van der Waals surface area contributed by atoms with Crippen molar-refractivity contribution in [1.82, 2.24) is 0 Å². The smallest absolute Gasteiger partial charge is 0.188 e. The third-order valence-corrected chi connectivity index (χ3v) is 6.41. The summed E-state index contributed by atoms with van der Waals surface area (Å²) in [7, 11) is 0. The van der Waals surface area contributed by atoms with E-state index in [9.17, 15) is 4.79 Å². The Labute approximate surface area is 134 Å². The van der Waals surface area contributed by atoms with Gasteiger partial charge in [-0.05, 0) is 17.7 Å². The molecule has 0 N–H and O–H groups in total. The first-order valence-corrected chi connectivity index (χ1v) is 7.98. The molecule has 1 heterocycles. The van der Waals surface area contributed by atoms with Crippen LogP contribution in [0.15, 0.2) is 54.6 Å². The maximum absolute atomic E-state index is 12.8. The molecule has 1 aliphatic heterocycles. The molecule has 0 spiro atoms. The van der Waals surface area contributed by atoms with Gasteiger partial charge >= 0.3 is 0 Å². The Morgan fingerprint density at radius 2 is 1.70 bits per heavy atom. The van der Waals surface area contributed by atoms with Crippen molar-refractivity contribution in [2.24, 2.45) is 0 Å². The van der Waals surface area contributed by atoms with Gasteiger partial charge in [-0.3, -0.25) is 4.79 Å².